The zero-order valence-electron chi connectivity index (χ0n) is 16.1. The molecule has 0 aliphatic carbocycles. The van der Waals surface area contributed by atoms with Gasteiger partial charge in [0.2, 0.25) is 0 Å². The highest BCUT2D eigenvalue weighted by Gasteiger charge is 2.46. The first-order valence-electron chi connectivity index (χ1n) is 9.38. The van der Waals surface area contributed by atoms with Crippen molar-refractivity contribution in [3.63, 3.8) is 0 Å². The number of carbonyl (C=O) groups excluding carboxylic acids is 1. The molecule has 0 unspecified atom stereocenters. The fraction of sp³-hybridized carbons (Fsp3) is 0.429. The molecule has 2 aromatic rings. The van der Waals surface area contributed by atoms with E-state index in [4.69, 9.17) is 4.99 Å². The lowest BCUT2D eigenvalue weighted by atomic mass is 9.95. The molecule has 1 amide bonds. The van der Waals surface area contributed by atoms with Crippen LogP contribution in [0.2, 0.25) is 0 Å². The number of anilines is 1. The number of nitrogens with zero attached hydrogens (tertiary/aromatic N) is 2. The number of benzene rings is 1. The normalized spacial score (nSPS) is 24.0. The van der Waals surface area contributed by atoms with Crippen molar-refractivity contribution < 1.29 is 4.79 Å². The number of nitrogens with one attached hydrogen (secondary N) is 2. The van der Waals surface area contributed by atoms with Gasteiger partial charge in [-0.2, -0.15) is 11.3 Å². The van der Waals surface area contributed by atoms with E-state index in [9.17, 15) is 4.79 Å². The van der Waals surface area contributed by atoms with Crippen LogP contribution < -0.4 is 10.6 Å². The van der Waals surface area contributed by atoms with Gasteiger partial charge in [-0.15, -0.1) is 0 Å². The number of thiophene rings is 1. The molecule has 2 aliphatic rings. The first kappa shape index (κ1) is 18.2. The van der Waals surface area contributed by atoms with Crippen molar-refractivity contribution in [2.45, 2.75) is 44.8 Å². The second-order valence-corrected chi connectivity index (χ2v) is 9.12. The average Bonchev–Trinajstić information content (AvgIpc) is 3.27. The van der Waals surface area contributed by atoms with Crippen molar-refractivity contribution in [2.75, 3.05) is 18.4 Å². The molecule has 1 fully saturated rings. The Bertz CT molecular complexity index is 869. The largest absolute Gasteiger partial charge is 0.342 e. The van der Waals surface area contributed by atoms with E-state index in [1.807, 2.05) is 27.8 Å². The summed E-state index contributed by atoms with van der Waals surface area (Å²) in [6.45, 7) is 8.42. The summed E-state index contributed by atoms with van der Waals surface area (Å²) in [5.74, 6) is 1.03. The van der Waals surface area contributed by atoms with Gasteiger partial charge in [-0.25, -0.2) is 0 Å². The maximum Gasteiger partial charge on any atom is 0.254 e. The molecular formula is C21H26N4OS. The summed E-state index contributed by atoms with van der Waals surface area (Å²) < 4.78 is 0. The van der Waals surface area contributed by atoms with E-state index in [0.717, 1.165) is 36.6 Å². The summed E-state index contributed by atoms with van der Waals surface area (Å²) in [4.78, 5) is 19.9. The Labute approximate surface area is 164 Å². The zero-order valence-corrected chi connectivity index (χ0v) is 16.9. The summed E-state index contributed by atoms with van der Waals surface area (Å²) in [5.41, 5.74) is 2.53. The predicted octanol–water partition coefficient (Wildman–Crippen LogP) is 3.75. The van der Waals surface area contributed by atoms with E-state index >= 15 is 0 Å². The summed E-state index contributed by atoms with van der Waals surface area (Å²) >= 11 is 1.56. The number of amides is 1. The molecule has 27 heavy (non-hydrogen) atoms. The smallest absolute Gasteiger partial charge is 0.254 e. The number of fused-ring (bicyclic) bond motifs is 1. The molecule has 6 heteroatoms. The fourth-order valence-electron chi connectivity index (χ4n) is 3.75. The predicted molar refractivity (Wildman–Crippen MR) is 112 cm³/mol. The summed E-state index contributed by atoms with van der Waals surface area (Å²) in [6, 6.07) is 10.2. The highest BCUT2D eigenvalue weighted by atomic mass is 32.1. The first-order chi connectivity index (χ1) is 12.9. The fourth-order valence-corrected chi connectivity index (χ4v) is 4.38. The molecule has 1 spiro atoms. The number of amidine groups is 1. The Morgan fingerprint density at radius 2 is 2.07 bits per heavy atom. The van der Waals surface area contributed by atoms with Gasteiger partial charge in [0.05, 0.1) is 16.6 Å². The monoisotopic (exact) mass is 382 g/mol. The van der Waals surface area contributed by atoms with E-state index in [1.54, 1.807) is 11.3 Å². The van der Waals surface area contributed by atoms with Gasteiger partial charge in [0.15, 0.2) is 0 Å². The van der Waals surface area contributed by atoms with Gasteiger partial charge in [-0.3, -0.25) is 15.1 Å². The molecule has 3 heterocycles. The van der Waals surface area contributed by atoms with Crippen LogP contribution in [0.4, 0.5) is 5.69 Å². The molecule has 2 N–H and O–H groups in total. The van der Waals surface area contributed by atoms with E-state index in [1.165, 1.54) is 5.56 Å². The molecule has 4 rings (SSSR count). The molecule has 1 saturated heterocycles. The Morgan fingerprint density at radius 3 is 2.81 bits per heavy atom. The van der Waals surface area contributed by atoms with Crippen LogP contribution in [-0.2, 0) is 6.54 Å². The Kier molecular flexibility index (Phi) is 4.56. The lowest BCUT2D eigenvalue weighted by Crippen LogP contribution is -2.56. The number of para-hydroxylation sites is 1. The maximum absolute atomic E-state index is 12.9. The van der Waals surface area contributed by atoms with Crippen molar-refractivity contribution in [3.8, 4) is 0 Å². The molecule has 2 aliphatic heterocycles. The van der Waals surface area contributed by atoms with E-state index in [-0.39, 0.29) is 17.0 Å². The maximum atomic E-state index is 12.9. The van der Waals surface area contributed by atoms with Crippen LogP contribution in [0.25, 0.3) is 0 Å². The van der Waals surface area contributed by atoms with Gasteiger partial charge in [0.1, 0.15) is 5.84 Å². The third-order valence-corrected chi connectivity index (χ3v) is 5.80. The number of likely N-dealkylation sites (tertiary alicyclic amines) is 1. The molecule has 0 saturated carbocycles. The lowest BCUT2D eigenvalue weighted by molar-refractivity contribution is 0.0786. The molecule has 1 aromatic carbocycles. The number of rotatable bonds is 1. The van der Waals surface area contributed by atoms with Crippen molar-refractivity contribution in [1.29, 1.82) is 0 Å². The van der Waals surface area contributed by atoms with Crippen LogP contribution in [0.1, 0.15) is 43.1 Å². The molecule has 5 nitrogen and oxygen atoms in total. The van der Waals surface area contributed by atoms with Crippen LogP contribution >= 0.6 is 11.3 Å². The molecular weight excluding hydrogens is 356 g/mol. The van der Waals surface area contributed by atoms with Gasteiger partial charge in [-0.05, 0) is 50.3 Å². The molecule has 0 radical (unpaired) electrons. The Morgan fingerprint density at radius 1 is 1.26 bits per heavy atom. The van der Waals surface area contributed by atoms with Crippen molar-refractivity contribution in [2.24, 2.45) is 4.99 Å². The highest BCUT2D eigenvalue weighted by molar-refractivity contribution is 7.08. The van der Waals surface area contributed by atoms with Gasteiger partial charge >= 0.3 is 0 Å². The van der Waals surface area contributed by atoms with Crippen LogP contribution in [0, 0.1) is 0 Å². The van der Waals surface area contributed by atoms with Crippen LogP contribution in [-0.4, -0.2) is 40.8 Å². The number of hydrogen-bond donors (Lipinski definition) is 2. The summed E-state index contributed by atoms with van der Waals surface area (Å²) in [7, 11) is 0. The molecule has 1 atom stereocenters. The number of aliphatic imine (C=N–C) groups is 1. The zero-order chi connectivity index (χ0) is 19.1. The van der Waals surface area contributed by atoms with E-state index in [2.05, 4.69) is 49.6 Å². The second-order valence-electron chi connectivity index (χ2n) is 8.34. The minimum atomic E-state index is -0.349. The van der Waals surface area contributed by atoms with Crippen molar-refractivity contribution in [3.05, 3.63) is 52.2 Å². The van der Waals surface area contributed by atoms with Gasteiger partial charge in [0, 0.05) is 30.7 Å². The Balaban J connectivity index is 1.68. The molecule has 1 aromatic heterocycles. The van der Waals surface area contributed by atoms with Crippen molar-refractivity contribution >= 4 is 28.8 Å². The average molecular weight is 383 g/mol. The quantitative estimate of drug-likeness (QED) is 0.790. The summed E-state index contributed by atoms with van der Waals surface area (Å²) in [5, 5.41) is 11.2. The first-order valence-corrected chi connectivity index (χ1v) is 10.3. The van der Waals surface area contributed by atoms with Crippen LogP contribution in [0.15, 0.2) is 46.1 Å². The SMILES string of the molecule is CC(C)(C)N=C1Nc2ccccc2CN[C@@]12CCN(C(=O)c1ccsc1)C2. The third kappa shape index (κ3) is 3.64. The van der Waals surface area contributed by atoms with Crippen LogP contribution in [0.5, 0.6) is 0 Å². The minimum Gasteiger partial charge on any atom is -0.342 e. The Hall–Kier alpha value is -2.18. The van der Waals surface area contributed by atoms with Crippen LogP contribution in [0.3, 0.4) is 0 Å². The minimum absolute atomic E-state index is 0.104. The van der Waals surface area contributed by atoms with Gasteiger partial charge in [-0.1, -0.05) is 18.2 Å². The summed E-state index contributed by atoms with van der Waals surface area (Å²) in [6.07, 6.45) is 0.846. The third-order valence-electron chi connectivity index (χ3n) is 5.11. The van der Waals surface area contributed by atoms with Gasteiger partial charge in [0.25, 0.3) is 5.91 Å². The van der Waals surface area contributed by atoms with Crippen molar-refractivity contribution in [1.82, 2.24) is 10.2 Å². The van der Waals surface area contributed by atoms with E-state index < -0.39 is 0 Å². The topological polar surface area (TPSA) is 56.7 Å². The number of hydrogen-bond acceptors (Lipinski definition) is 4. The standard InChI is InChI=1S/C21H26N4OS/c1-20(2,3)24-19-21(22-12-15-6-4-5-7-17(15)23-19)9-10-25(14-21)18(26)16-8-11-27-13-16/h4-8,11,13,22H,9-10,12,14H2,1-3H3,(H,23,24)/t21-/m1/s1. The molecule has 142 valence electrons. The second kappa shape index (κ2) is 6.77. The van der Waals surface area contributed by atoms with E-state index in [0.29, 0.717) is 6.54 Å². The molecule has 0 bridgehead atoms. The lowest BCUT2D eigenvalue weighted by Gasteiger charge is -2.32. The number of carbonyl (C=O) groups is 1. The van der Waals surface area contributed by atoms with Gasteiger partial charge < -0.3 is 10.2 Å². The highest BCUT2D eigenvalue weighted by Crippen LogP contribution is 2.31.